The zero-order valence-electron chi connectivity index (χ0n) is 8.01. The van der Waals surface area contributed by atoms with E-state index in [0.29, 0.717) is 6.61 Å². The Kier molecular flexibility index (Phi) is 6.11. The van der Waals surface area contributed by atoms with E-state index < -0.39 is 0 Å². The molecule has 0 atom stereocenters. The van der Waals surface area contributed by atoms with E-state index in [1.807, 2.05) is 30.3 Å². The molecule has 1 aromatic rings. The number of aliphatic hydroxyl groups is 1. The minimum atomic E-state index is 0. The zero-order chi connectivity index (χ0) is 7.23. The third-order valence-corrected chi connectivity index (χ3v) is 1.10. The fourth-order valence-corrected chi connectivity index (χ4v) is 0.680. The average Bonchev–Trinajstić information content (AvgIpc) is 2.03. The van der Waals surface area contributed by atoms with Gasteiger partial charge in [0.15, 0.2) is 0 Å². The average molecular weight is 330 g/mol. The van der Waals surface area contributed by atoms with Crippen LogP contribution < -0.4 is 4.74 Å². The first-order valence-electron chi connectivity index (χ1n) is 3.22. The molecule has 1 rings (SSSR count). The molecule has 2 nitrogen and oxygen atoms in total. The minimum Gasteiger partial charge on any atom is -1.00 e. The van der Waals surface area contributed by atoms with Crippen molar-refractivity contribution in [1.29, 1.82) is 0 Å². The van der Waals surface area contributed by atoms with Gasteiger partial charge in [0, 0.05) is 0 Å². The second kappa shape index (κ2) is 6.33. The number of benzene rings is 1. The molecule has 0 unspecified atom stereocenters. The van der Waals surface area contributed by atoms with E-state index in [0.717, 1.165) is 5.75 Å². The van der Waals surface area contributed by atoms with Gasteiger partial charge in [-0.1, -0.05) is 18.2 Å². The van der Waals surface area contributed by atoms with Gasteiger partial charge >= 0.3 is 19.8 Å². The van der Waals surface area contributed by atoms with Crippen molar-refractivity contribution < 1.29 is 32.5 Å². The monoisotopic (exact) mass is 332 g/mol. The second-order valence-corrected chi connectivity index (χ2v) is 1.89. The van der Waals surface area contributed by atoms with Crippen LogP contribution in [0.3, 0.4) is 0 Å². The molecule has 11 heavy (non-hydrogen) atoms. The number of hydrogen-bond acceptors (Lipinski definition) is 2. The molecule has 1 N–H and O–H groups in total. The summed E-state index contributed by atoms with van der Waals surface area (Å²) in [4.78, 5) is 0. The molecule has 0 saturated heterocycles. The Morgan fingerprint density at radius 2 is 1.91 bits per heavy atom. The molecule has 0 fully saturated rings. The van der Waals surface area contributed by atoms with Crippen LogP contribution in [0.15, 0.2) is 30.3 Å². The van der Waals surface area contributed by atoms with Gasteiger partial charge in [-0.3, -0.25) is 0 Å². The van der Waals surface area contributed by atoms with Crippen LogP contribution in [0.4, 0.5) is 0 Å². The molecule has 0 aliphatic carbocycles. The first-order chi connectivity index (χ1) is 4.93. The first-order valence-corrected chi connectivity index (χ1v) is 3.22. The first kappa shape index (κ1) is 10.6. The van der Waals surface area contributed by atoms with Crippen LogP contribution in [0.5, 0.6) is 5.75 Å². The van der Waals surface area contributed by atoms with E-state index in [1.54, 1.807) is 0 Å². The van der Waals surface area contributed by atoms with Crippen molar-refractivity contribution in [2.24, 2.45) is 0 Å². The van der Waals surface area contributed by atoms with Gasteiger partial charge in [0.05, 0.1) is 6.61 Å². The predicted octanol–water partition coefficient (Wildman–Crippen LogP) is 1.28. The molecule has 0 aliphatic rings. The van der Waals surface area contributed by atoms with Crippen LogP contribution in [-0.2, 0) is 19.8 Å². The Balaban J connectivity index is -0.000000333. The third-order valence-electron chi connectivity index (χ3n) is 1.10. The maximum Gasteiger partial charge on any atom is 2.00 e. The van der Waals surface area contributed by atoms with E-state index in [9.17, 15) is 0 Å². The number of aliphatic hydroxyl groups excluding tert-OH is 1. The van der Waals surface area contributed by atoms with Crippen molar-refractivity contribution in [3.63, 3.8) is 0 Å². The molecule has 3 heteroatoms. The summed E-state index contributed by atoms with van der Waals surface area (Å²) in [7, 11) is 0. The summed E-state index contributed by atoms with van der Waals surface area (Å²) in [5.41, 5.74) is 0. The summed E-state index contributed by atoms with van der Waals surface area (Å²) in [5, 5.41) is 8.40. The van der Waals surface area contributed by atoms with Gasteiger partial charge in [0.25, 0.3) is 0 Å². The van der Waals surface area contributed by atoms with Crippen LogP contribution >= 0.6 is 0 Å². The third kappa shape index (κ3) is 4.13. The van der Waals surface area contributed by atoms with Gasteiger partial charge in [-0.2, -0.15) is 0 Å². The van der Waals surface area contributed by atoms with Gasteiger partial charge in [-0.25, -0.2) is 0 Å². The molecule has 0 radical (unpaired) electrons. The normalized spacial score (nSPS) is 8.45. The molecule has 0 spiro atoms. The topological polar surface area (TPSA) is 29.5 Å². The molecular formula is C8H12O2Os. The molecule has 1 aromatic carbocycles. The maximum absolute atomic E-state index is 8.40. The number of rotatable bonds is 3. The summed E-state index contributed by atoms with van der Waals surface area (Å²) in [6, 6.07) is 9.43. The number of para-hydroxylation sites is 1. The van der Waals surface area contributed by atoms with E-state index in [-0.39, 0.29) is 29.3 Å². The standard InChI is InChI=1S/C8H10O2.Os.2H/c9-6-7-10-8-4-2-1-3-5-8;;;/h1-5,9H,6-7H2;;;/q;+2;2*-1. The Labute approximate surface area is 82.2 Å². The van der Waals surface area contributed by atoms with Crippen molar-refractivity contribution in [1.82, 2.24) is 0 Å². The van der Waals surface area contributed by atoms with Crippen molar-refractivity contribution >= 4 is 0 Å². The Hall–Kier alpha value is -0.384. The van der Waals surface area contributed by atoms with Crippen LogP contribution in [0.1, 0.15) is 2.85 Å². The zero-order valence-corrected chi connectivity index (χ0v) is 8.55. The molecular weight excluding hydrogens is 318 g/mol. The van der Waals surface area contributed by atoms with Crippen LogP contribution in [0.2, 0.25) is 0 Å². The van der Waals surface area contributed by atoms with Crippen molar-refractivity contribution in [2.75, 3.05) is 13.2 Å². The number of hydrogen-bond donors (Lipinski definition) is 1. The minimum absolute atomic E-state index is 0. The van der Waals surface area contributed by atoms with Crippen molar-refractivity contribution in [2.45, 2.75) is 0 Å². The molecule has 0 saturated carbocycles. The van der Waals surface area contributed by atoms with E-state index in [1.165, 1.54) is 0 Å². The summed E-state index contributed by atoms with van der Waals surface area (Å²) >= 11 is 0. The summed E-state index contributed by atoms with van der Waals surface area (Å²) < 4.78 is 5.11. The largest absolute Gasteiger partial charge is 2.00 e. The number of ether oxygens (including phenoxy) is 1. The quantitative estimate of drug-likeness (QED) is 0.905. The Bertz CT molecular complexity index is 185. The van der Waals surface area contributed by atoms with Crippen LogP contribution in [0.25, 0.3) is 0 Å². The molecule has 0 aromatic heterocycles. The smallest absolute Gasteiger partial charge is 1.00 e. The van der Waals surface area contributed by atoms with Crippen molar-refractivity contribution in [3.05, 3.63) is 30.3 Å². The van der Waals surface area contributed by atoms with Gasteiger partial charge in [-0.05, 0) is 12.1 Å². The molecule has 64 valence electrons. The molecule has 0 bridgehead atoms. The molecule has 0 heterocycles. The second-order valence-electron chi connectivity index (χ2n) is 1.89. The SMILES string of the molecule is OCCOc1ccccc1.[H-].[H-].[Os+2]. The Morgan fingerprint density at radius 1 is 1.27 bits per heavy atom. The summed E-state index contributed by atoms with van der Waals surface area (Å²) in [6.45, 7) is 0.429. The van der Waals surface area contributed by atoms with Crippen molar-refractivity contribution in [3.8, 4) is 5.75 Å². The van der Waals surface area contributed by atoms with Gasteiger partial charge < -0.3 is 12.7 Å². The Morgan fingerprint density at radius 3 is 2.45 bits per heavy atom. The molecule has 0 amide bonds. The van der Waals surface area contributed by atoms with E-state index in [2.05, 4.69) is 0 Å². The maximum atomic E-state index is 8.40. The summed E-state index contributed by atoms with van der Waals surface area (Å²) in [5.74, 6) is 0.802. The van der Waals surface area contributed by atoms with Gasteiger partial charge in [0.2, 0.25) is 0 Å². The fourth-order valence-electron chi connectivity index (χ4n) is 0.680. The van der Waals surface area contributed by atoms with Gasteiger partial charge in [-0.15, -0.1) is 0 Å². The van der Waals surface area contributed by atoms with E-state index in [4.69, 9.17) is 9.84 Å². The van der Waals surface area contributed by atoms with Crippen LogP contribution in [0, 0.1) is 0 Å². The fraction of sp³-hybridized carbons (Fsp3) is 0.250. The van der Waals surface area contributed by atoms with E-state index >= 15 is 0 Å². The summed E-state index contributed by atoms with van der Waals surface area (Å²) in [6.07, 6.45) is 0. The molecule has 0 aliphatic heterocycles. The van der Waals surface area contributed by atoms with Crippen LogP contribution in [-0.4, -0.2) is 18.3 Å². The predicted molar refractivity (Wildman–Crippen MR) is 41.2 cm³/mol. The van der Waals surface area contributed by atoms with Gasteiger partial charge in [0.1, 0.15) is 12.4 Å².